The van der Waals surface area contributed by atoms with Gasteiger partial charge < -0.3 is 20.4 Å². The van der Waals surface area contributed by atoms with Crippen molar-refractivity contribution in [3.63, 3.8) is 0 Å². The third kappa shape index (κ3) is 11.9. The van der Waals surface area contributed by atoms with Crippen LogP contribution in [0, 0.1) is 22.7 Å². The van der Waals surface area contributed by atoms with Gasteiger partial charge in [-0.3, -0.25) is 4.79 Å². The summed E-state index contributed by atoms with van der Waals surface area (Å²) in [5.41, 5.74) is 4.20. The van der Waals surface area contributed by atoms with Gasteiger partial charge in [-0.05, 0) is 82.6 Å². The molecule has 244 valence electrons. The van der Waals surface area contributed by atoms with Gasteiger partial charge in [-0.1, -0.05) is 111 Å². The summed E-state index contributed by atoms with van der Waals surface area (Å²) in [6.45, 7) is 17.4. The van der Waals surface area contributed by atoms with Crippen LogP contribution in [0.15, 0.2) is 106 Å². The van der Waals surface area contributed by atoms with E-state index in [0.717, 1.165) is 22.3 Å². The molecule has 0 saturated heterocycles. The molecule has 0 aromatic carbocycles. The smallest absolute Gasteiger partial charge is 0.181 e. The van der Waals surface area contributed by atoms with Gasteiger partial charge in [0, 0.05) is 23.0 Å². The van der Waals surface area contributed by atoms with E-state index in [-0.39, 0.29) is 30.3 Å². The molecule has 0 amide bonds. The third-order valence-corrected chi connectivity index (χ3v) is 8.45. The maximum Gasteiger partial charge on any atom is 0.181 e. The van der Waals surface area contributed by atoms with Gasteiger partial charge in [0.05, 0.1) is 24.4 Å². The average Bonchev–Trinajstić information content (AvgIpc) is 2.90. The molecule has 0 unspecified atom stereocenters. The Morgan fingerprint density at radius 3 is 1.91 bits per heavy atom. The molecule has 0 radical (unpaired) electrons. The first-order chi connectivity index (χ1) is 20.9. The fraction of sp³-hybridized carbons (Fsp3) is 0.475. The second kappa shape index (κ2) is 16.3. The summed E-state index contributed by atoms with van der Waals surface area (Å²) in [6.07, 6.45) is 21.7. The van der Waals surface area contributed by atoms with Gasteiger partial charge in [0.2, 0.25) is 0 Å². The summed E-state index contributed by atoms with van der Waals surface area (Å²) in [6, 6.07) is 0. The lowest BCUT2D eigenvalue weighted by Crippen LogP contribution is -2.45. The fourth-order valence-corrected chi connectivity index (χ4v) is 6.28. The van der Waals surface area contributed by atoms with Crippen LogP contribution in [0.3, 0.4) is 0 Å². The van der Waals surface area contributed by atoms with E-state index in [1.54, 1.807) is 19.9 Å². The average molecular weight is 615 g/mol. The molecule has 1 saturated carbocycles. The second-order valence-corrected chi connectivity index (χ2v) is 14.1. The highest BCUT2D eigenvalue weighted by Crippen LogP contribution is 2.46. The molecule has 2 aliphatic rings. The number of aliphatic hydroxyl groups excluding tert-OH is 3. The van der Waals surface area contributed by atoms with Gasteiger partial charge in [-0.2, -0.15) is 0 Å². The fourth-order valence-electron chi connectivity index (χ4n) is 6.28. The first-order valence-electron chi connectivity index (χ1n) is 15.8. The molecule has 0 aromatic heterocycles. The van der Waals surface area contributed by atoms with Gasteiger partial charge in [0.1, 0.15) is 0 Å². The lowest BCUT2D eigenvalue weighted by Gasteiger charge is -2.45. The normalized spacial score (nSPS) is 27.5. The lowest BCUT2D eigenvalue weighted by molar-refractivity contribution is -0.111. The number of hydrogen-bond acceptors (Lipinski definition) is 5. The number of carbonyl (C=O) groups excluding carboxylic acids is 1. The van der Waals surface area contributed by atoms with Crippen molar-refractivity contribution < 1.29 is 25.2 Å². The Morgan fingerprint density at radius 2 is 1.38 bits per heavy atom. The SMILES string of the molecule is CC(C=CC=C(C#CC1=C(C)C[C@@H](O)CC1(C)C)CO)=CC=CC=C(C)C=CC=C(C)C(=O)/C=C1\C(C)(C)C[C@H](O)C[C@@]1(C)O. The molecule has 0 bridgehead atoms. The number of aliphatic hydroxyl groups is 4. The summed E-state index contributed by atoms with van der Waals surface area (Å²) < 4.78 is 0. The predicted octanol–water partition coefficient (Wildman–Crippen LogP) is 7.34. The van der Waals surface area contributed by atoms with Crippen LogP contribution in [0.25, 0.3) is 0 Å². The molecule has 5 nitrogen and oxygen atoms in total. The van der Waals surface area contributed by atoms with Crippen molar-refractivity contribution in [2.24, 2.45) is 10.8 Å². The summed E-state index contributed by atoms with van der Waals surface area (Å²) in [5, 5.41) is 40.8. The zero-order valence-electron chi connectivity index (χ0n) is 28.7. The Hall–Kier alpha value is -3.27. The number of ketones is 1. The molecule has 3 atom stereocenters. The van der Waals surface area contributed by atoms with Crippen molar-refractivity contribution in [1.29, 1.82) is 0 Å². The molecule has 0 spiro atoms. The van der Waals surface area contributed by atoms with E-state index in [2.05, 4.69) is 25.7 Å². The molecular weight excluding hydrogens is 560 g/mol. The summed E-state index contributed by atoms with van der Waals surface area (Å²) in [4.78, 5) is 12.9. The van der Waals surface area contributed by atoms with Crippen LogP contribution in [-0.2, 0) is 4.79 Å². The quantitative estimate of drug-likeness (QED) is 0.124. The standard InChI is InChI=1S/C40H54O5/c1-28(16-12-18-30(3)36(44)23-37-39(7,8)25-34(43)26-40(37,9)45)14-10-11-15-29(2)17-13-19-32(27-41)20-21-35-31(4)22-33(42)24-38(35,5)6/h10-19,23,33-34,41-43,45H,22,24-27H2,1-9H3/b11-10?,16-12?,17-13?,28-14?,29-15?,30-18?,32-19?,37-23+/t33-,34+,40-/m1/s1. The van der Waals surface area contributed by atoms with Crippen molar-refractivity contribution in [2.45, 2.75) is 106 Å². The molecule has 2 aliphatic carbocycles. The Labute approximate surface area is 271 Å². The highest BCUT2D eigenvalue weighted by atomic mass is 16.3. The maximum atomic E-state index is 12.9. The van der Waals surface area contributed by atoms with Crippen molar-refractivity contribution in [1.82, 2.24) is 0 Å². The molecule has 45 heavy (non-hydrogen) atoms. The van der Waals surface area contributed by atoms with Crippen LogP contribution in [0.4, 0.5) is 0 Å². The highest BCUT2D eigenvalue weighted by Gasteiger charge is 2.44. The van der Waals surface area contributed by atoms with Crippen LogP contribution in [0.2, 0.25) is 0 Å². The van der Waals surface area contributed by atoms with Gasteiger partial charge in [0.25, 0.3) is 0 Å². The van der Waals surface area contributed by atoms with Crippen LogP contribution >= 0.6 is 0 Å². The molecule has 0 aliphatic heterocycles. The van der Waals surface area contributed by atoms with E-state index in [1.165, 1.54) is 6.08 Å². The van der Waals surface area contributed by atoms with E-state index < -0.39 is 17.1 Å². The third-order valence-electron chi connectivity index (χ3n) is 8.45. The zero-order valence-corrected chi connectivity index (χ0v) is 28.7. The van der Waals surface area contributed by atoms with Crippen LogP contribution in [0.5, 0.6) is 0 Å². The highest BCUT2D eigenvalue weighted by molar-refractivity contribution is 6.04. The van der Waals surface area contributed by atoms with Crippen molar-refractivity contribution >= 4 is 5.78 Å². The van der Waals surface area contributed by atoms with Crippen molar-refractivity contribution in [3.8, 4) is 11.8 Å². The minimum Gasteiger partial charge on any atom is -0.393 e. The molecular formula is C40H54O5. The Kier molecular flexibility index (Phi) is 13.8. The molecule has 0 heterocycles. The lowest BCUT2D eigenvalue weighted by atomic mass is 9.64. The Bertz CT molecular complexity index is 1410. The van der Waals surface area contributed by atoms with E-state index in [1.807, 2.05) is 89.3 Å². The summed E-state index contributed by atoms with van der Waals surface area (Å²) in [5.74, 6) is 6.22. The summed E-state index contributed by atoms with van der Waals surface area (Å²) in [7, 11) is 0. The van der Waals surface area contributed by atoms with Crippen molar-refractivity contribution in [2.75, 3.05) is 6.61 Å². The zero-order chi connectivity index (χ0) is 34.0. The van der Waals surface area contributed by atoms with E-state index >= 15 is 0 Å². The number of allylic oxidation sites excluding steroid dienone is 15. The Balaban J connectivity index is 2.00. The van der Waals surface area contributed by atoms with Gasteiger partial charge in [0.15, 0.2) is 5.78 Å². The monoisotopic (exact) mass is 614 g/mol. The molecule has 4 N–H and O–H groups in total. The topological polar surface area (TPSA) is 98.0 Å². The van der Waals surface area contributed by atoms with Crippen LogP contribution < -0.4 is 0 Å². The number of carbonyl (C=O) groups is 1. The number of hydrogen-bond donors (Lipinski definition) is 4. The van der Waals surface area contributed by atoms with Gasteiger partial charge >= 0.3 is 0 Å². The largest absolute Gasteiger partial charge is 0.393 e. The minimum absolute atomic E-state index is 0.140. The molecule has 1 fully saturated rings. The van der Waals surface area contributed by atoms with Gasteiger partial charge in [-0.25, -0.2) is 0 Å². The molecule has 2 rings (SSSR count). The summed E-state index contributed by atoms with van der Waals surface area (Å²) >= 11 is 0. The Morgan fingerprint density at radius 1 is 0.822 bits per heavy atom. The maximum absolute atomic E-state index is 12.9. The number of rotatable bonds is 9. The first-order valence-corrected chi connectivity index (χ1v) is 15.8. The molecule has 0 aromatic rings. The van der Waals surface area contributed by atoms with E-state index in [4.69, 9.17) is 0 Å². The van der Waals surface area contributed by atoms with E-state index in [0.29, 0.717) is 36.0 Å². The van der Waals surface area contributed by atoms with Crippen LogP contribution in [-0.4, -0.2) is 50.6 Å². The van der Waals surface area contributed by atoms with E-state index in [9.17, 15) is 25.2 Å². The molecule has 5 heteroatoms. The first kappa shape index (κ1) is 37.9. The van der Waals surface area contributed by atoms with Crippen molar-refractivity contribution in [3.05, 3.63) is 106 Å². The minimum atomic E-state index is -1.22. The second-order valence-electron chi connectivity index (χ2n) is 14.1. The van der Waals surface area contributed by atoms with Crippen LogP contribution in [0.1, 0.15) is 88.0 Å². The predicted molar refractivity (Wildman–Crippen MR) is 186 cm³/mol. The van der Waals surface area contributed by atoms with Gasteiger partial charge in [-0.15, -0.1) is 0 Å².